The molecule has 0 spiro atoms. The number of ether oxygens (including phenoxy) is 1. The molecule has 0 heterocycles. The van der Waals surface area contributed by atoms with Crippen LogP contribution in [0.3, 0.4) is 0 Å². The second-order valence-electron chi connectivity index (χ2n) is 9.08. The molecule has 4 heteroatoms. The van der Waals surface area contributed by atoms with Gasteiger partial charge in [-0.1, -0.05) is 37.1 Å². The van der Waals surface area contributed by atoms with E-state index in [1.165, 1.54) is 11.1 Å². The first-order valence-electron chi connectivity index (χ1n) is 10.6. The lowest BCUT2D eigenvalue weighted by molar-refractivity contribution is -0.137. The first kappa shape index (κ1) is 21.4. The van der Waals surface area contributed by atoms with E-state index in [1.54, 1.807) is 6.08 Å². The summed E-state index contributed by atoms with van der Waals surface area (Å²) in [4.78, 5) is 23.0. The average Bonchev–Trinajstić information content (AvgIpc) is 2.66. The van der Waals surface area contributed by atoms with Crippen LogP contribution in [0.4, 0.5) is 0 Å². The van der Waals surface area contributed by atoms with Crippen LogP contribution in [0, 0.1) is 17.3 Å². The quantitative estimate of drug-likeness (QED) is 0.649. The van der Waals surface area contributed by atoms with Gasteiger partial charge < -0.3 is 9.84 Å². The lowest BCUT2D eigenvalue weighted by Gasteiger charge is -2.48. The number of fused-ring (bicyclic) bond motifs is 1. The lowest BCUT2D eigenvalue weighted by atomic mass is 9.58. The molecule has 1 aromatic rings. The number of allylic oxidation sites excluding steroid dienone is 3. The highest BCUT2D eigenvalue weighted by Crippen LogP contribution is 2.51. The predicted octanol–water partition coefficient (Wildman–Crippen LogP) is 5.46. The van der Waals surface area contributed by atoms with Gasteiger partial charge in [0, 0.05) is 18.3 Å². The van der Waals surface area contributed by atoms with Crippen molar-refractivity contribution in [2.45, 2.75) is 59.8 Å². The van der Waals surface area contributed by atoms with E-state index in [0.717, 1.165) is 29.7 Å². The Kier molecular flexibility index (Phi) is 6.30. The molecule has 0 amide bonds. The fourth-order valence-corrected chi connectivity index (χ4v) is 4.89. The number of carbonyl (C=O) groups is 2. The van der Waals surface area contributed by atoms with E-state index in [0.29, 0.717) is 25.4 Å². The van der Waals surface area contributed by atoms with Gasteiger partial charge in [-0.2, -0.15) is 0 Å². The molecule has 4 nitrogen and oxygen atoms in total. The Hall–Kier alpha value is -2.36. The van der Waals surface area contributed by atoms with Crippen LogP contribution in [0.15, 0.2) is 35.4 Å². The second kappa shape index (κ2) is 8.56. The minimum Gasteiger partial charge on any atom is -0.493 e. The molecule has 3 rings (SSSR count). The zero-order valence-electron chi connectivity index (χ0n) is 18.0. The van der Waals surface area contributed by atoms with Gasteiger partial charge in [-0.15, -0.1) is 0 Å². The number of ketones is 1. The van der Waals surface area contributed by atoms with E-state index in [1.807, 2.05) is 24.3 Å². The molecular formula is C25H32O4. The molecule has 1 N–H and O–H groups in total. The summed E-state index contributed by atoms with van der Waals surface area (Å²) in [6.07, 6.45) is 6.85. The van der Waals surface area contributed by atoms with Crippen LogP contribution in [0.25, 0.3) is 6.08 Å². The molecule has 0 aromatic heterocycles. The maximum Gasteiger partial charge on any atom is 0.303 e. The summed E-state index contributed by atoms with van der Waals surface area (Å²) in [7, 11) is 0. The van der Waals surface area contributed by atoms with Gasteiger partial charge in [0.2, 0.25) is 0 Å². The molecule has 0 saturated heterocycles. The van der Waals surface area contributed by atoms with E-state index in [2.05, 4.69) is 27.7 Å². The first-order valence-corrected chi connectivity index (χ1v) is 10.6. The highest BCUT2D eigenvalue weighted by molar-refractivity contribution is 5.98. The summed E-state index contributed by atoms with van der Waals surface area (Å²) in [5.41, 5.74) is 4.64. The number of rotatable bonds is 6. The summed E-state index contributed by atoms with van der Waals surface area (Å²) in [6.45, 7) is 9.31. The highest BCUT2D eigenvalue weighted by atomic mass is 16.5. The minimum atomic E-state index is -0.744. The standard InChI is InChI=1S/C25H32O4/c1-16(2)22-10-5-17(3)25(4,23(22)11-12-24(27)28)15-29-21-9-7-18-6-8-20(26)13-19(18)14-21/h6-9,14,17,23H,5,10-13,15H2,1-4H3,(H,27,28). The largest absolute Gasteiger partial charge is 0.493 e. The number of carboxylic acids is 1. The van der Waals surface area contributed by atoms with Gasteiger partial charge >= 0.3 is 5.97 Å². The van der Waals surface area contributed by atoms with E-state index in [-0.39, 0.29) is 23.5 Å². The highest BCUT2D eigenvalue weighted by Gasteiger charge is 2.45. The van der Waals surface area contributed by atoms with Gasteiger partial charge in [0.15, 0.2) is 5.78 Å². The number of benzene rings is 1. The van der Waals surface area contributed by atoms with Gasteiger partial charge in [-0.25, -0.2) is 0 Å². The topological polar surface area (TPSA) is 63.6 Å². The first-order chi connectivity index (χ1) is 13.7. The predicted molar refractivity (Wildman–Crippen MR) is 115 cm³/mol. The number of carbonyl (C=O) groups excluding carboxylic acids is 1. The van der Waals surface area contributed by atoms with E-state index in [9.17, 15) is 14.7 Å². The minimum absolute atomic E-state index is 0.115. The van der Waals surface area contributed by atoms with Crippen molar-refractivity contribution < 1.29 is 19.4 Å². The zero-order valence-corrected chi connectivity index (χ0v) is 18.0. The normalized spacial score (nSPS) is 26.2. The Morgan fingerprint density at radius 3 is 2.72 bits per heavy atom. The Bertz CT molecular complexity index is 860. The average molecular weight is 397 g/mol. The van der Waals surface area contributed by atoms with Crippen molar-refractivity contribution >= 4 is 17.8 Å². The fraction of sp³-hybridized carbons (Fsp3) is 0.520. The molecule has 3 unspecified atom stereocenters. The zero-order chi connectivity index (χ0) is 21.2. The number of hydrogen-bond acceptors (Lipinski definition) is 3. The molecule has 3 atom stereocenters. The number of carboxylic acid groups (broad SMARTS) is 1. The summed E-state index contributed by atoms with van der Waals surface area (Å²) >= 11 is 0. The van der Waals surface area contributed by atoms with Crippen LogP contribution < -0.4 is 4.74 Å². The van der Waals surface area contributed by atoms with E-state index >= 15 is 0 Å². The number of hydrogen-bond donors (Lipinski definition) is 1. The summed E-state index contributed by atoms with van der Waals surface area (Å²) < 4.78 is 6.28. The van der Waals surface area contributed by atoms with Gasteiger partial charge in [0.25, 0.3) is 0 Å². The van der Waals surface area contributed by atoms with Crippen molar-refractivity contribution in [3.63, 3.8) is 0 Å². The molecule has 29 heavy (non-hydrogen) atoms. The van der Waals surface area contributed by atoms with Crippen molar-refractivity contribution in [2.75, 3.05) is 6.61 Å². The van der Waals surface area contributed by atoms with Crippen molar-refractivity contribution in [1.29, 1.82) is 0 Å². The molecule has 0 radical (unpaired) electrons. The summed E-state index contributed by atoms with van der Waals surface area (Å²) in [6, 6.07) is 5.94. The Balaban J connectivity index is 1.83. The van der Waals surface area contributed by atoms with Crippen molar-refractivity contribution in [1.82, 2.24) is 0 Å². The maximum atomic E-state index is 11.7. The SMILES string of the molecule is CC(C)=C1CCC(C)C(C)(COc2ccc3c(c2)CC(=O)C=C3)C1CCC(=O)O. The van der Waals surface area contributed by atoms with Crippen molar-refractivity contribution in [2.24, 2.45) is 17.3 Å². The monoisotopic (exact) mass is 396 g/mol. The molecule has 0 aliphatic heterocycles. The van der Waals surface area contributed by atoms with Gasteiger partial charge in [0.05, 0.1) is 6.61 Å². The third-order valence-electron chi connectivity index (χ3n) is 6.96. The van der Waals surface area contributed by atoms with Crippen LogP contribution in [0.2, 0.25) is 0 Å². The Morgan fingerprint density at radius 1 is 1.28 bits per heavy atom. The summed E-state index contributed by atoms with van der Waals surface area (Å²) in [5.74, 6) is 0.791. The van der Waals surface area contributed by atoms with Crippen molar-refractivity contribution in [3.05, 3.63) is 46.5 Å². The molecule has 1 fully saturated rings. The number of aliphatic carboxylic acids is 1. The molecule has 1 aromatic carbocycles. The van der Waals surface area contributed by atoms with Crippen LogP contribution in [-0.4, -0.2) is 23.5 Å². The van der Waals surface area contributed by atoms with Crippen molar-refractivity contribution in [3.8, 4) is 5.75 Å². The molecule has 2 aliphatic rings. The van der Waals surface area contributed by atoms with Crippen LogP contribution in [0.1, 0.15) is 64.5 Å². The Labute approximate surface area is 173 Å². The smallest absolute Gasteiger partial charge is 0.303 e. The van der Waals surface area contributed by atoms with E-state index < -0.39 is 5.97 Å². The van der Waals surface area contributed by atoms with Crippen LogP contribution in [-0.2, 0) is 16.0 Å². The van der Waals surface area contributed by atoms with Gasteiger partial charge in [-0.3, -0.25) is 9.59 Å². The second-order valence-corrected chi connectivity index (χ2v) is 9.08. The van der Waals surface area contributed by atoms with Crippen LogP contribution >= 0.6 is 0 Å². The molecule has 1 saturated carbocycles. The summed E-state index contributed by atoms with van der Waals surface area (Å²) in [5, 5.41) is 9.27. The molecular weight excluding hydrogens is 364 g/mol. The Morgan fingerprint density at radius 2 is 2.03 bits per heavy atom. The van der Waals surface area contributed by atoms with Crippen LogP contribution in [0.5, 0.6) is 5.75 Å². The third-order valence-corrected chi connectivity index (χ3v) is 6.96. The maximum absolute atomic E-state index is 11.7. The molecule has 0 bridgehead atoms. The molecule has 156 valence electrons. The fourth-order valence-electron chi connectivity index (χ4n) is 4.89. The lowest BCUT2D eigenvalue weighted by Crippen LogP contribution is -2.44. The van der Waals surface area contributed by atoms with Gasteiger partial charge in [-0.05, 0) is 74.3 Å². The molecule has 2 aliphatic carbocycles. The third kappa shape index (κ3) is 4.63. The van der Waals surface area contributed by atoms with Gasteiger partial charge in [0.1, 0.15) is 5.75 Å². The van der Waals surface area contributed by atoms with E-state index in [4.69, 9.17) is 4.74 Å².